The third-order valence-electron chi connectivity index (χ3n) is 3.44. The lowest BCUT2D eigenvalue weighted by molar-refractivity contribution is 0.450. The highest BCUT2D eigenvalue weighted by atomic mass is 16.4. The Balaban J connectivity index is 1.81. The Morgan fingerprint density at radius 1 is 1.09 bits per heavy atom. The lowest BCUT2D eigenvalue weighted by Crippen LogP contribution is -2.08. The van der Waals surface area contributed by atoms with Gasteiger partial charge in [-0.05, 0) is 32.9 Å². The van der Waals surface area contributed by atoms with Crippen molar-refractivity contribution in [1.29, 1.82) is 0 Å². The number of nitrogens with zero attached hydrogens (tertiary/aromatic N) is 4. The van der Waals surface area contributed by atoms with Crippen molar-refractivity contribution < 1.29 is 4.42 Å². The van der Waals surface area contributed by atoms with Gasteiger partial charge in [0.15, 0.2) is 0 Å². The first-order valence-electron chi connectivity index (χ1n) is 7.23. The predicted molar refractivity (Wildman–Crippen MR) is 84.1 cm³/mol. The summed E-state index contributed by atoms with van der Waals surface area (Å²) in [6.07, 6.45) is 0. The molecule has 1 N–H and O–H groups in total. The molecule has 0 saturated heterocycles. The Labute approximate surface area is 129 Å². The molecule has 2 aromatic heterocycles. The van der Waals surface area contributed by atoms with E-state index < -0.39 is 0 Å². The van der Waals surface area contributed by atoms with Crippen LogP contribution < -0.4 is 5.32 Å². The van der Waals surface area contributed by atoms with Gasteiger partial charge >= 0.3 is 0 Å². The monoisotopic (exact) mass is 297 g/mol. The molecule has 0 bridgehead atoms. The van der Waals surface area contributed by atoms with Crippen LogP contribution in [0.25, 0.3) is 5.69 Å². The summed E-state index contributed by atoms with van der Waals surface area (Å²) in [5, 5.41) is 15.8. The first-order valence-corrected chi connectivity index (χ1v) is 7.23. The summed E-state index contributed by atoms with van der Waals surface area (Å²) in [7, 11) is 0. The molecule has 6 nitrogen and oxygen atoms in total. The van der Waals surface area contributed by atoms with Crippen molar-refractivity contribution in [2.24, 2.45) is 0 Å². The average Bonchev–Trinajstić information content (AvgIpc) is 3.06. The van der Waals surface area contributed by atoms with E-state index in [1.165, 1.54) is 5.56 Å². The van der Waals surface area contributed by atoms with Gasteiger partial charge in [-0.1, -0.05) is 17.7 Å². The third-order valence-corrected chi connectivity index (χ3v) is 3.44. The molecule has 0 aliphatic heterocycles. The summed E-state index contributed by atoms with van der Waals surface area (Å²) in [5.74, 6) is 1.89. The Morgan fingerprint density at radius 3 is 2.45 bits per heavy atom. The molecule has 1 atom stereocenters. The van der Waals surface area contributed by atoms with Crippen molar-refractivity contribution in [3.8, 4) is 5.69 Å². The zero-order chi connectivity index (χ0) is 15.7. The summed E-state index contributed by atoms with van der Waals surface area (Å²) in [6, 6.07) is 10.2. The second-order valence-electron chi connectivity index (χ2n) is 5.44. The van der Waals surface area contributed by atoms with Gasteiger partial charge in [0.25, 0.3) is 0 Å². The molecule has 2 heterocycles. The van der Waals surface area contributed by atoms with Crippen LogP contribution in [0.2, 0.25) is 0 Å². The van der Waals surface area contributed by atoms with Crippen molar-refractivity contribution in [3.63, 3.8) is 0 Å². The Kier molecular flexibility index (Phi) is 3.66. The average molecular weight is 297 g/mol. The van der Waals surface area contributed by atoms with Crippen LogP contribution in [0.3, 0.4) is 0 Å². The van der Waals surface area contributed by atoms with Gasteiger partial charge < -0.3 is 9.73 Å². The van der Waals surface area contributed by atoms with Gasteiger partial charge in [-0.25, -0.2) is 4.68 Å². The van der Waals surface area contributed by atoms with Gasteiger partial charge in [-0.2, -0.15) is 5.10 Å². The first kappa shape index (κ1) is 14.3. The largest absolute Gasteiger partial charge is 0.423 e. The van der Waals surface area contributed by atoms with Gasteiger partial charge in [-0.15, -0.1) is 10.2 Å². The van der Waals surface area contributed by atoms with Crippen molar-refractivity contribution in [1.82, 2.24) is 20.0 Å². The van der Waals surface area contributed by atoms with E-state index in [1.54, 1.807) is 6.92 Å². The van der Waals surface area contributed by atoms with Gasteiger partial charge in [-0.3, -0.25) is 0 Å². The highest BCUT2D eigenvalue weighted by Gasteiger charge is 2.14. The fraction of sp³-hybridized carbons (Fsp3) is 0.312. The van der Waals surface area contributed by atoms with Crippen LogP contribution >= 0.6 is 0 Å². The minimum atomic E-state index is -0.0954. The van der Waals surface area contributed by atoms with Gasteiger partial charge in [0, 0.05) is 18.7 Å². The van der Waals surface area contributed by atoms with Crippen LogP contribution in [0.1, 0.15) is 36.0 Å². The van der Waals surface area contributed by atoms with Crippen LogP contribution in [0, 0.1) is 20.8 Å². The van der Waals surface area contributed by atoms with Crippen molar-refractivity contribution >= 4 is 5.82 Å². The molecule has 1 aromatic carbocycles. The maximum Gasteiger partial charge on any atom is 0.238 e. The van der Waals surface area contributed by atoms with E-state index in [2.05, 4.69) is 51.8 Å². The molecule has 0 amide bonds. The minimum absolute atomic E-state index is 0.0954. The van der Waals surface area contributed by atoms with E-state index in [1.807, 2.05) is 24.6 Å². The molecule has 3 rings (SSSR count). The molecule has 114 valence electrons. The zero-order valence-corrected chi connectivity index (χ0v) is 13.2. The van der Waals surface area contributed by atoms with Crippen molar-refractivity contribution in [3.05, 3.63) is 53.4 Å². The quantitative estimate of drug-likeness (QED) is 0.799. The summed E-state index contributed by atoms with van der Waals surface area (Å²) in [6.45, 7) is 7.84. The van der Waals surface area contributed by atoms with Crippen LogP contribution in [-0.2, 0) is 0 Å². The van der Waals surface area contributed by atoms with E-state index in [-0.39, 0.29) is 6.04 Å². The fourth-order valence-electron chi connectivity index (χ4n) is 2.26. The molecule has 0 spiro atoms. The third kappa shape index (κ3) is 2.86. The summed E-state index contributed by atoms with van der Waals surface area (Å²) < 4.78 is 7.34. The van der Waals surface area contributed by atoms with Crippen LogP contribution in [0.5, 0.6) is 0 Å². The van der Waals surface area contributed by atoms with E-state index in [9.17, 15) is 0 Å². The molecular weight excluding hydrogens is 278 g/mol. The van der Waals surface area contributed by atoms with Crippen molar-refractivity contribution in [2.45, 2.75) is 33.7 Å². The molecule has 0 unspecified atom stereocenters. The van der Waals surface area contributed by atoms with Crippen molar-refractivity contribution in [2.75, 3.05) is 5.32 Å². The minimum Gasteiger partial charge on any atom is -0.423 e. The number of anilines is 1. The number of aryl methyl sites for hydroxylation is 3. The van der Waals surface area contributed by atoms with E-state index in [4.69, 9.17) is 4.42 Å². The maximum atomic E-state index is 5.43. The summed E-state index contributed by atoms with van der Waals surface area (Å²) in [4.78, 5) is 0. The Morgan fingerprint density at radius 2 is 1.82 bits per heavy atom. The van der Waals surface area contributed by atoms with E-state index in [0.717, 1.165) is 17.2 Å². The van der Waals surface area contributed by atoms with Gasteiger partial charge in [0.2, 0.25) is 11.8 Å². The predicted octanol–water partition coefficient (Wildman–Crippen LogP) is 3.35. The van der Waals surface area contributed by atoms with Gasteiger partial charge in [0.1, 0.15) is 11.9 Å². The topological polar surface area (TPSA) is 68.8 Å². The molecule has 0 radical (unpaired) electrons. The van der Waals surface area contributed by atoms with Gasteiger partial charge in [0.05, 0.1) is 5.69 Å². The zero-order valence-electron chi connectivity index (χ0n) is 13.2. The lowest BCUT2D eigenvalue weighted by Gasteiger charge is -2.08. The van der Waals surface area contributed by atoms with E-state index in [0.29, 0.717) is 11.8 Å². The standard InChI is InChI=1S/C16H19N5O/c1-10-5-7-14(8-6-10)21-11(2)9-15(20-21)17-12(3)16-19-18-13(4)22-16/h5-9,12H,1-4H3,(H,17,20)/t12-/m1/s1. The lowest BCUT2D eigenvalue weighted by atomic mass is 10.2. The molecule has 3 aromatic rings. The molecule has 0 fully saturated rings. The molecular formula is C16H19N5O. The number of hydrogen-bond acceptors (Lipinski definition) is 5. The first-order chi connectivity index (χ1) is 10.5. The molecule has 6 heteroatoms. The van der Waals surface area contributed by atoms with Crippen LogP contribution in [0.15, 0.2) is 34.7 Å². The Bertz CT molecular complexity index is 772. The SMILES string of the molecule is Cc1ccc(-n2nc(N[C@H](C)c3nnc(C)o3)cc2C)cc1. The number of benzene rings is 1. The fourth-order valence-corrected chi connectivity index (χ4v) is 2.26. The summed E-state index contributed by atoms with van der Waals surface area (Å²) >= 11 is 0. The molecule has 0 saturated carbocycles. The number of aromatic nitrogens is 4. The molecule has 0 aliphatic rings. The van der Waals surface area contributed by atoms with E-state index >= 15 is 0 Å². The Hall–Kier alpha value is -2.63. The highest BCUT2D eigenvalue weighted by molar-refractivity contribution is 5.43. The van der Waals surface area contributed by atoms with Crippen LogP contribution in [0.4, 0.5) is 5.82 Å². The highest BCUT2D eigenvalue weighted by Crippen LogP contribution is 2.20. The summed E-state index contributed by atoms with van der Waals surface area (Å²) in [5.41, 5.74) is 3.32. The molecule has 0 aliphatic carbocycles. The number of nitrogens with one attached hydrogen (secondary N) is 1. The maximum absolute atomic E-state index is 5.43. The number of hydrogen-bond donors (Lipinski definition) is 1. The normalized spacial score (nSPS) is 12.4. The van der Waals surface area contributed by atoms with Crippen LogP contribution in [-0.4, -0.2) is 20.0 Å². The number of rotatable bonds is 4. The molecule has 22 heavy (non-hydrogen) atoms. The second-order valence-corrected chi connectivity index (χ2v) is 5.44. The smallest absolute Gasteiger partial charge is 0.238 e. The second kappa shape index (κ2) is 5.63.